The van der Waals surface area contributed by atoms with Crippen LogP contribution in [0.3, 0.4) is 0 Å². The zero-order chi connectivity index (χ0) is 25.4. The van der Waals surface area contributed by atoms with E-state index in [4.69, 9.17) is 11.6 Å². The number of aromatic nitrogens is 1. The van der Waals surface area contributed by atoms with Crippen LogP contribution < -0.4 is 0 Å². The van der Waals surface area contributed by atoms with Gasteiger partial charge in [-0.15, -0.1) is 0 Å². The van der Waals surface area contributed by atoms with Crippen LogP contribution in [0.25, 0.3) is 10.9 Å². The van der Waals surface area contributed by atoms with Crippen LogP contribution in [0.2, 0.25) is 5.02 Å². The summed E-state index contributed by atoms with van der Waals surface area (Å²) in [5.74, 6) is 0.207. The van der Waals surface area contributed by atoms with Crippen molar-refractivity contribution in [2.45, 2.75) is 44.0 Å². The number of sulfonamides is 1. The van der Waals surface area contributed by atoms with Crippen molar-refractivity contribution in [1.82, 2.24) is 8.87 Å². The topological polar surface area (TPSA) is 59.4 Å². The molecular weight excluding hydrogens is 492 g/mol. The van der Waals surface area contributed by atoms with Crippen LogP contribution in [0, 0.1) is 6.92 Å². The highest BCUT2D eigenvalue weighted by Gasteiger charge is 2.32. The van der Waals surface area contributed by atoms with E-state index in [-0.39, 0.29) is 16.6 Å². The molecule has 2 heterocycles. The lowest BCUT2D eigenvalue weighted by molar-refractivity contribution is 0.101. The van der Waals surface area contributed by atoms with Crippen LogP contribution in [0.1, 0.15) is 52.9 Å². The molecular formula is C29H29ClN2O3S. The number of hydrogen-bond acceptors (Lipinski definition) is 3. The summed E-state index contributed by atoms with van der Waals surface area (Å²) in [6.45, 7) is 5.34. The number of para-hydroxylation sites is 1. The number of Topliss-reactive ketones (excluding diaryl/α,β-unsaturated/α-hetero) is 1. The predicted molar refractivity (Wildman–Crippen MR) is 144 cm³/mol. The first kappa shape index (κ1) is 24.8. The molecule has 4 aromatic rings. The van der Waals surface area contributed by atoms with Gasteiger partial charge in [-0.3, -0.25) is 4.79 Å². The van der Waals surface area contributed by atoms with Gasteiger partial charge in [0, 0.05) is 46.8 Å². The summed E-state index contributed by atoms with van der Waals surface area (Å²) in [7, 11) is -3.60. The summed E-state index contributed by atoms with van der Waals surface area (Å²) in [6, 6.07) is 22.7. The van der Waals surface area contributed by atoms with E-state index in [0.29, 0.717) is 18.7 Å². The van der Waals surface area contributed by atoms with E-state index >= 15 is 0 Å². The number of carbonyl (C=O) groups is 1. The Balaban J connectivity index is 1.39. The molecule has 0 aliphatic carbocycles. The Morgan fingerprint density at radius 1 is 0.944 bits per heavy atom. The van der Waals surface area contributed by atoms with E-state index in [9.17, 15) is 13.2 Å². The first-order chi connectivity index (χ1) is 17.3. The molecule has 36 heavy (non-hydrogen) atoms. The van der Waals surface area contributed by atoms with Gasteiger partial charge >= 0.3 is 0 Å². The maximum Gasteiger partial charge on any atom is 0.243 e. The minimum Gasteiger partial charge on any atom is -0.340 e. The van der Waals surface area contributed by atoms with Crippen molar-refractivity contribution in [3.05, 3.63) is 100 Å². The summed E-state index contributed by atoms with van der Waals surface area (Å²) in [4.78, 5) is 11.8. The van der Waals surface area contributed by atoms with Crippen molar-refractivity contribution in [3.63, 3.8) is 0 Å². The molecule has 0 unspecified atom stereocenters. The van der Waals surface area contributed by atoms with Gasteiger partial charge in [0.05, 0.1) is 4.90 Å². The van der Waals surface area contributed by atoms with Crippen molar-refractivity contribution < 1.29 is 13.2 Å². The van der Waals surface area contributed by atoms with Gasteiger partial charge in [0.1, 0.15) is 0 Å². The molecule has 0 amide bonds. The number of nitrogens with zero attached hydrogens (tertiary/aromatic N) is 2. The Morgan fingerprint density at radius 2 is 1.58 bits per heavy atom. The van der Waals surface area contributed by atoms with Gasteiger partial charge in [0.2, 0.25) is 10.0 Å². The van der Waals surface area contributed by atoms with Crippen molar-refractivity contribution >= 4 is 38.3 Å². The highest BCUT2D eigenvalue weighted by molar-refractivity contribution is 7.89. The van der Waals surface area contributed by atoms with E-state index in [1.54, 1.807) is 16.4 Å². The number of fused-ring (bicyclic) bond motifs is 1. The van der Waals surface area contributed by atoms with Crippen LogP contribution in [0.5, 0.6) is 0 Å². The Bertz CT molecular complexity index is 1520. The lowest BCUT2D eigenvalue weighted by Gasteiger charge is -2.31. The average molecular weight is 521 g/mol. The summed E-state index contributed by atoms with van der Waals surface area (Å²) >= 11 is 6.08. The minimum absolute atomic E-state index is 0.0784. The highest BCUT2D eigenvalue weighted by atomic mass is 35.5. The molecule has 0 spiro atoms. The second-order valence-corrected chi connectivity index (χ2v) is 11.9. The molecule has 0 bridgehead atoms. The Morgan fingerprint density at radius 3 is 2.22 bits per heavy atom. The smallest absolute Gasteiger partial charge is 0.243 e. The van der Waals surface area contributed by atoms with Crippen molar-refractivity contribution in [1.29, 1.82) is 0 Å². The molecule has 1 aliphatic heterocycles. The SMILES string of the molecule is CC(=O)c1ccc(S(=O)(=O)N2CCC(c3c(C)n(Cc4ccc(Cl)cc4)c4ccccc34)CC2)cc1. The fraction of sp³-hybridized carbons (Fsp3) is 0.276. The zero-order valence-electron chi connectivity index (χ0n) is 20.4. The molecule has 5 rings (SSSR count). The number of hydrogen-bond donors (Lipinski definition) is 0. The number of halogens is 1. The molecule has 0 atom stereocenters. The number of rotatable bonds is 6. The Hall–Kier alpha value is -2.93. The second-order valence-electron chi connectivity index (χ2n) is 9.49. The monoisotopic (exact) mass is 520 g/mol. The third-order valence-corrected chi connectivity index (χ3v) is 9.46. The van der Waals surface area contributed by atoms with Gasteiger partial charge in [-0.25, -0.2) is 8.42 Å². The zero-order valence-corrected chi connectivity index (χ0v) is 22.0. The van der Waals surface area contributed by atoms with E-state index in [0.717, 1.165) is 24.4 Å². The van der Waals surface area contributed by atoms with Crippen molar-refractivity contribution in [2.24, 2.45) is 0 Å². The maximum atomic E-state index is 13.2. The standard InChI is InChI=1S/C29H29ClN2O3S/c1-20-29(27-5-3-4-6-28(27)32(20)19-22-7-11-25(30)12-8-22)24-15-17-31(18-16-24)36(34,35)26-13-9-23(10-14-26)21(2)33/h3-14,24H,15-19H2,1-2H3. The summed E-state index contributed by atoms with van der Waals surface area (Å²) < 4.78 is 30.4. The molecule has 7 heteroatoms. The normalized spacial score (nSPS) is 15.4. The van der Waals surface area contributed by atoms with Crippen molar-refractivity contribution in [2.75, 3.05) is 13.1 Å². The van der Waals surface area contributed by atoms with Crippen LogP contribution in [0.4, 0.5) is 0 Å². The molecule has 1 aromatic heterocycles. The van der Waals surface area contributed by atoms with Gasteiger partial charge in [0.15, 0.2) is 5.78 Å². The van der Waals surface area contributed by atoms with E-state index in [1.807, 2.05) is 12.1 Å². The quantitative estimate of drug-likeness (QED) is 0.275. The summed E-state index contributed by atoms with van der Waals surface area (Å²) in [5.41, 5.74) is 5.44. The average Bonchev–Trinajstić information content (AvgIpc) is 3.16. The first-order valence-corrected chi connectivity index (χ1v) is 14.0. The molecule has 5 nitrogen and oxygen atoms in total. The molecule has 1 saturated heterocycles. The molecule has 3 aromatic carbocycles. The molecule has 1 fully saturated rings. The molecule has 0 N–H and O–H groups in total. The van der Waals surface area contributed by atoms with E-state index < -0.39 is 10.0 Å². The van der Waals surface area contributed by atoms with Crippen LogP contribution in [-0.2, 0) is 16.6 Å². The molecule has 1 aliphatic rings. The molecule has 0 saturated carbocycles. The van der Waals surface area contributed by atoms with Crippen LogP contribution >= 0.6 is 11.6 Å². The number of piperidine rings is 1. The fourth-order valence-electron chi connectivity index (χ4n) is 5.34. The van der Waals surface area contributed by atoms with Crippen LogP contribution in [-0.4, -0.2) is 36.2 Å². The van der Waals surface area contributed by atoms with Crippen molar-refractivity contribution in [3.8, 4) is 0 Å². The third-order valence-electron chi connectivity index (χ3n) is 7.29. The van der Waals surface area contributed by atoms with E-state index in [2.05, 4.69) is 47.9 Å². The predicted octanol–water partition coefficient (Wildman–Crippen LogP) is 6.42. The Kier molecular flexibility index (Phi) is 6.77. The van der Waals surface area contributed by atoms with Gasteiger partial charge in [-0.1, -0.05) is 54.1 Å². The van der Waals surface area contributed by atoms with Gasteiger partial charge < -0.3 is 4.57 Å². The van der Waals surface area contributed by atoms with E-state index in [1.165, 1.54) is 46.8 Å². The number of benzene rings is 3. The summed E-state index contributed by atoms with van der Waals surface area (Å²) in [5, 5.41) is 1.97. The largest absolute Gasteiger partial charge is 0.340 e. The number of carbonyl (C=O) groups excluding carboxylic acids is 1. The lowest BCUT2D eigenvalue weighted by Crippen LogP contribution is -2.38. The third kappa shape index (κ3) is 4.61. The fourth-order valence-corrected chi connectivity index (χ4v) is 6.94. The van der Waals surface area contributed by atoms with Crippen LogP contribution in [0.15, 0.2) is 77.7 Å². The Labute approximate surface area is 217 Å². The second kappa shape index (κ2) is 9.85. The molecule has 0 radical (unpaired) electrons. The van der Waals surface area contributed by atoms with Gasteiger partial charge in [0.25, 0.3) is 0 Å². The van der Waals surface area contributed by atoms with Gasteiger partial charge in [-0.05, 0) is 74.1 Å². The summed E-state index contributed by atoms with van der Waals surface area (Å²) in [6.07, 6.45) is 1.53. The number of ketones is 1. The van der Waals surface area contributed by atoms with Gasteiger partial charge in [-0.2, -0.15) is 4.31 Å². The first-order valence-electron chi connectivity index (χ1n) is 12.2. The lowest BCUT2D eigenvalue weighted by atomic mass is 9.88. The molecule has 186 valence electrons. The minimum atomic E-state index is -3.60. The maximum absolute atomic E-state index is 13.2. The highest BCUT2D eigenvalue weighted by Crippen LogP contribution is 2.38.